The zero-order chi connectivity index (χ0) is 24.9. The van der Waals surface area contributed by atoms with E-state index in [9.17, 15) is 14.7 Å². The summed E-state index contributed by atoms with van der Waals surface area (Å²) in [7, 11) is 0. The Morgan fingerprint density at radius 3 is 2.78 bits per heavy atom. The lowest BCUT2D eigenvalue weighted by atomic mass is 9.84. The van der Waals surface area contributed by atoms with Gasteiger partial charge in [-0.1, -0.05) is 25.3 Å². The van der Waals surface area contributed by atoms with Gasteiger partial charge in [-0.2, -0.15) is 0 Å². The molecule has 1 aromatic heterocycles. The average molecular weight is 495 g/mol. The fourth-order valence-corrected chi connectivity index (χ4v) is 5.55. The molecule has 1 aromatic carbocycles. The summed E-state index contributed by atoms with van der Waals surface area (Å²) in [4.78, 5) is 29.2. The molecule has 3 amide bonds. The molecule has 0 radical (unpaired) electrons. The van der Waals surface area contributed by atoms with Gasteiger partial charge in [0.1, 0.15) is 18.0 Å². The van der Waals surface area contributed by atoms with Gasteiger partial charge in [0, 0.05) is 42.1 Å². The van der Waals surface area contributed by atoms with Crippen LogP contribution >= 0.6 is 0 Å². The van der Waals surface area contributed by atoms with E-state index in [0.29, 0.717) is 18.7 Å². The number of hydrogen-bond donors (Lipinski definition) is 4. The quantitative estimate of drug-likeness (QED) is 0.469. The van der Waals surface area contributed by atoms with E-state index in [4.69, 9.17) is 9.47 Å². The van der Waals surface area contributed by atoms with Gasteiger partial charge in [0.05, 0.1) is 19.1 Å². The second kappa shape index (κ2) is 11.3. The van der Waals surface area contributed by atoms with Crippen LogP contribution in [0.15, 0.2) is 42.7 Å². The highest BCUT2D eigenvalue weighted by Gasteiger charge is 2.46. The molecular weight excluding hydrogens is 460 g/mol. The third-order valence-electron chi connectivity index (χ3n) is 7.32. The molecule has 4 N–H and O–H groups in total. The van der Waals surface area contributed by atoms with E-state index in [1.165, 1.54) is 6.42 Å². The van der Waals surface area contributed by atoms with Crippen molar-refractivity contribution in [2.24, 2.45) is 0 Å². The maximum absolute atomic E-state index is 12.6. The molecule has 1 aliphatic carbocycles. The molecule has 1 saturated carbocycles. The number of hydrogen-bond acceptors (Lipinski definition) is 6. The van der Waals surface area contributed by atoms with Crippen LogP contribution in [0.2, 0.25) is 0 Å². The first-order valence-corrected chi connectivity index (χ1v) is 12.9. The van der Waals surface area contributed by atoms with Crippen LogP contribution in [0.25, 0.3) is 0 Å². The summed E-state index contributed by atoms with van der Waals surface area (Å²) in [6.45, 7) is 0.205. The third kappa shape index (κ3) is 5.79. The Morgan fingerprint density at radius 2 is 2.00 bits per heavy atom. The Kier molecular flexibility index (Phi) is 7.67. The number of carbonyl (C=O) groups is 2. The predicted octanol–water partition coefficient (Wildman–Crippen LogP) is 3.24. The lowest BCUT2D eigenvalue weighted by molar-refractivity contribution is -0.142. The van der Waals surface area contributed by atoms with E-state index in [-0.39, 0.29) is 49.1 Å². The van der Waals surface area contributed by atoms with Crippen LogP contribution in [-0.4, -0.2) is 53.0 Å². The molecule has 9 nitrogen and oxygen atoms in total. The summed E-state index contributed by atoms with van der Waals surface area (Å²) in [6, 6.07) is 9.40. The molecule has 1 saturated heterocycles. The Hall–Kier alpha value is -3.17. The Labute approximate surface area is 211 Å². The van der Waals surface area contributed by atoms with Crippen molar-refractivity contribution in [3.05, 3.63) is 53.9 Å². The number of amides is 3. The number of fused-ring (bicyclic) bond motifs is 3. The molecule has 9 heteroatoms. The molecule has 5 rings (SSSR count). The number of aliphatic hydroxyl groups excluding tert-OH is 1. The first-order valence-electron chi connectivity index (χ1n) is 12.9. The topological polar surface area (TPSA) is 122 Å². The normalized spacial score (nSPS) is 25.2. The Balaban J connectivity index is 1.21. The van der Waals surface area contributed by atoms with E-state index >= 15 is 0 Å². The molecule has 2 aromatic rings. The molecule has 0 bridgehead atoms. The molecular formula is C27H34N4O5. The number of benzene rings is 1. The predicted molar refractivity (Wildman–Crippen MR) is 134 cm³/mol. The third-order valence-corrected chi connectivity index (χ3v) is 7.32. The van der Waals surface area contributed by atoms with Crippen LogP contribution < -0.4 is 20.7 Å². The summed E-state index contributed by atoms with van der Waals surface area (Å²) in [5, 5.41) is 18.9. The van der Waals surface area contributed by atoms with Crippen molar-refractivity contribution in [2.45, 2.75) is 81.8 Å². The van der Waals surface area contributed by atoms with Gasteiger partial charge in [0.15, 0.2) is 0 Å². The number of rotatable bonds is 7. The fourth-order valence-electron chi connectivity index (χ4n) is 5.55. The van der Waals surface area contributed by atoms with Crippen molar-refractivity contribution in [3.63, 3.8) is 0 Å². The standard InChI is InChI=1S/C27H34N4O5/c32-16-24-26-22(12-20(35-24)13-25(33)29-15-17-5-4-10-28-14-17)21-11-19(8-9-23(21)36-26)31-27(34)30-18-6-2-1-3-7-18/h4-5,8-11,14,18,20,22,24,26,32H,1-3,6-7,12-13,15-16H2,(H,29,33)(H2,30,31,34)/t20-,22-,24-,26+/m0/s1. The number of pyridine rings is 1. The maximum Gasteiger partial charge on any atom is 0.319 e. The monoisotopic (exact) mass is 494 g/mol. The highest BCUT2D eigenvalue weighted by atomic mass is 16.6. The van der Waals surface area contributed by atoms with Crippen molar-refractivity contribution < 1.29 is 24.2 Å². The summed E-state index contributed by atoms with van der Waals surface area (Å²) < 4.78 is 12.2. The van der Waals surface area contributed by atoms with E-state index in [0.717, 1.165) is 42.6 Å². The Bertz CT molecular complexity index is 1060. The van der Waals surface area contributed by atoms with Crippen molar-refractivity contribution in [1.29, 1.82) is 0 Å². The lowest BCUT2D eigenvalue weighted by Crippen LogP contribution is -2.47. The van der Waals surface area contributed by atoms with E-state index in [2.05, 4.69) is 20.9 Å². The minimum absolute atomic E-state index is 0.0369. The van der Waals surface area contributed by atoms with Crippen LogP contribution in [0.1, 0.15) is 62.0 Å². The lowest BCUT2D eigenvalue weighted by Gasteiger charge is -2.37. The van der Waals surface area contributed by atoms with Crippen LogP contribution in [0.3, 0.4) is 0 Å². The van der Waals surface area contributed by atoms with Crippen molar-refractivity contribution >= 4 is 17.6 Å². The number of aromatic nitrogens is 1. The van der Waals surface area contributed by atoms with Gasteiger partial charge in [0.25, 0.3) is 0 Å². The summed E-state index contributed by atoms with van der Waals surface area (Å²) in [6.07, 6.45) is 8.58. The van der Waals surface area contributed by atoms with Crippen LogP contribution in [0, 0.1) is 0 Å². The summed E-state index contributed by atoms with van der Waals surface area (Å²) in [5.74, 6) is 0.574. The zero-order valence-electron chi connectivity index (χ0n) is 20.3. The highest BCUT2D eigenvalue weighted by molar-refractivity contribution is 5.89. The van der Waals surface area contributed by atoms with Gasteiger partial charge in [-0.05, 0) is 49.1 Å². The minimum Gasteiger partial charge on any atom is -0.487 e. The van der Waals surface area contributed by atoms with Gasteiger partial charge in [-0.25, -0.2) is 4.79 Å². The van der Waals surface area contributed by atoms with Gasteiger partial charge in [0.2, 0.25) is 5.91 Å². The summed E-state index contributed by atoms with van der Waals surface area (Å²) in [5.41, 5.74) is 2.59. The van der Waals surface area contributed by atoms with Gasteiger partial charge >= 0.3 is 6.03 Å². The second-order valence-corrected chi connectivity index (χ2v) is 9.93. The fraction of sp³-hybridized carbons (Fsp3) is 0.519. The molecule has 3 heterocycles. The molecule has 0 unspecified atom stereocenters. The second-order valence-electron chi connectivity index (χ2n) is 9.93. The van der Waals surface area contributed by atoms with Crippen LogP contribution in [-0.2, 0) is 16.1 Å². The minimum atomic E-state index is -0.529. The molecule has 36 heavy (non-hydrogen) atoms. The van der Waals surface area contributed by atoms with Crippen molar-refractivity contribution in [1.82, 2.24) is 15.6 Å². The number of nitrogens with one attached hydrogen (secondary N) is 3. The van der Waals surface area contributed by atoms with Gasteiger partial charge in [-0.3, -0.25) is 9.78 Å². The maximum atomic E-state index is 12.6. The molecule has 2 fully saturated rings. The van der Waals surface area contributed by atoms with Gasteiger partial charge < -0.3 is 30.5 Å². The molecule has 4 atom stereocenters. The first kappa shape index (κ1) is 24.5. The van der Waals surface area contributed by atoms with Crippen molar-refractivity contribution in [2.75, 3.05) is 11.9 Å². The average Bonchev–Trinajstić information content (AvgIpc) is 3.26. The smallest absolute Gasteiger partial charge is 0.319 e. The van der Waals surface area contributed by atoms with E-state index in [1.807, 2.05) is 30.3 Å². The number of carbonyl (C=O) groups excluding carboxylic acids is 2. The van der Waals surface area contributed by atoms with E-state index in [1.54, 1.807) is 12.4 Å². The summed E-state index contributed by atoms with van der Waals surface area (Å²) >= 11 is 0. The Morgan fingerprint density at radius 1 is 1.14 bits per heavy atom. The highest BCUT2D eigenvalue weighted by Crippen LogP contribution is 2.47. The number of ether oxygens (including phenoxy) is 2. The number of aliphatic hydroxyl groups is 1. The molecule has 3 aliphatic rings. The molecule has 192 valence electrons. The zero-order valence-corrected chi connectivity index (χ0v) is 20.3. The van der Waals surface area contributed by atoms with Crippen molar-refractivity contribution in [3.8, 4) is 5.75 Å². The number of nitrogens with zero attached hydrogens (tertiary/aromatic N) is 1. The number of anilines is 1. The number of urea groups is 1. The van der Waals surface area contributed by atoms with Crippen LogP contribution in [0.4, 0.5) is 10.5 Å². The van der Waals surface area contributed by atoms with Gasteiger partial charge in [-0.15, -0.1) is 0 Å². The van der Waals surface area contributed by atoms with E-state index < -0.39 is 6.10 Å². The molecule has 0 spiro atoms. The first-order chi connectivity index (χ1) is 17.6. The SMILES string of the molecule is O=C(C[C@@H]1C[C@H]2c3cc(NC(=O)NC4CCCCC4)ccc3O[C@H]2[C@H](CO)O1)NCc1cccnc1. The van der Waals surface area contributed by atoms with Crippen LogP contribution in [0.5, 0.6) is 5.75 Å². The largest absolute Gasteiger partial charge is 0.487 e. The molecule has 2 aliphatic heterocycles.